The number of rotatable bonds is 4. The van der Waals surface area contributed by atoms with Gasteiger partial charge in [-0.1, -0.05) is 0 Å². The Labute approximate surface area is 162 Å². The first-order valence-corrected chi connectivity index (χ1v) is 9.17. The van der Waals surface area contributed by atoms with E-state index in [0.717, 1.165) is 36.1 Å². The number of anilines is 2. The number of nitrogens with one attached hydrogen (secondary N) is 1. The van der Waals surface area contributed by atoms with Crippen LogP contribution in [0.1, 0.15) is 40.6 Å². The molecule has 0 aliphatic carbocycles. The Kier molecular flexibility index (Phi) is 4.77. The Balaban J connectivity index is 1.50. The average molecular weight is 380 g/mol. The molecule has 1 amide bonds. The molecule has 8 heteroatoms. The average Bonchev–Trinajstić information content (AvgIpc) is 3.30. The van der Waals surface area contributed by atoms with Crippen molar-refractivity contribution in [1.82, 2.24) is 24.6 Å². The third kappa shape index (κ3) is 3.58. The van der Waals surface area contributed by atoms with E-state index in [9.17, 15) is 9.18 Å². The molecule has 4 heterocycles. The lowest BCUT2D eigenvalue weighted by Gasteiger charge is -2.24. The van der Waals surface area contributed by atoms with Crippen molar-refractivity contribution in [1.29, 1.82) is 0 Å². The van der Waals surface area contributed by atoms with Gasteiger partial charge in [-0.25, -0.2) is 9.37 Å². The van der Waals surface area contributed by atoms with Crippen LogP contribution in [-0.2, 0) is 7.05 Å². The van der Waals surface area contributed by atoms with Crippen molar-refractivity contribution in [2.75, 3.05) is 11.9 Å². The van der Waals surface area contributed by atoms with Crippen LogP contribution in [0.4, 0.5) is 15.9 Å². The fourth-order valence-corrected chi connectivity index (χ4v) is 3.56. The van der Waals surface area contributed by atoms with Crippen molar-refractivity contribution in [3.63, 3.8) is 0 Å². The molecule has 3 aromatic rings. The van der Waals surface area contributed by atoms with Crippen LogP contribution in [0.25, 0.3) is 0 Å². The molecule has 144 valence electrons. The van der Waals surface area contributed by atoms with Gasteiger partial charge >= 0.3 is 0 Å². The molecule has 7 nitrogen and oxygen atoms in total. The topological polar surface area (TPSA) is 75.9 Å². The third-order valence-corrected chi connectivity index (χ3v) is 4.89. The van der Waals surface area contributed by atoms with Crippen LogP contribution in [0, 0.1) is 12.7 Å². The number of aryl methyl sites for hydroxylation is 2. The predicted octanol–water partition coefficient (Wildman–Crippen LogP) is 3.38. The third-order valence-electron chi connectivity index (χ3n) is 4.89. The van der Waals surface area contributed by atoms with Crippen LogP contribution in [0.5, 0.6) is 0 Å². The lowest BCUT2D eigenvalue weighted by atomic mass is 10.1. The largest absolute Gasteiger partial charge is 0.339 e. The van der Waals surface area contributed by atoms with E-state index in [0.29, 0.717) is 17.9 Å². The summed E-state index contributed by atoms with van der Waals surface area (Å²) >= 11 is 0. The Morgan fingerprint density at radius 2 is 2.07 bits per heavy atom. The van der Waals surface area contributed by atoms with E-state index >= 15 is 0 Å². The van der Waals surface area contributed by atoms with Gasteiger partial charge in [0, 0.05) is 19.8 Å². The van der Waals surface area contributed by atoms with Crippen molar-refractivity contribution in [3.8, 4) is 0 Å². The molecule has 4 rings (SSSR count). The summed E-state index contributed by atoms with van der Waals surface area (Å²) in [7, 11) is 1.81. The maximum atomic E-state index is 13.0. The van der Waals surface area contributed by atoms with E-state index < -0.39 is 0 Å². The van der Waals surface area contributed by atoms with Crippen molar-refractivity contribution < 1.29 is 9.18 Å². The molecule has 0 unspecified atom stereocenters. The number of halogens is 1. The van der Waals surface area contributed by atoms with Crippen LogP contribution < -0.4 is 5.32 Å². The number of likely N-dealkylation sites (tertiary alicyclic amines) is 1. The van der Waals surface area contributed by atoms with E-state index in [1.54, 1.807) is 23.1 Å². The second kappa shape index (κ2) is 7.38. The molecule has 0 aromatic carbocycles. The highest BCUT2D eigenvalue weighted by Crippen LogP contribution is 2.33. The summed E-state index contributed by atoms with van der Waals surface area (Å²) in [6.45, 7) is 2.56. The standard InChI is InChI=1S/C20H21FN6O/c1-13-16(12-26(2)25-13)20(28)27-9-3-4-18(27)17-7-6-15(11-22-17)24-19-8-5-14(21)10-23-19/h5-8,10-12,18H,3-4,9H2,1-2H3,(H,23,24)/t18-/m0/s1. The van der Waals surface area contributed by atoms with Crippen molar-refractivity contribution >= 4 is 17.4 Å². The molecule has 0 radical (unpaired) electrons. The second-order valence-electron chi connectivity index (χ2n) is 6.92. The molecule has 0 spiro atoms. The zero-order valence-corrected chi connectivity index (χ0v) is 15.8. The summed E-state index contributed by atoms with van der Waals surface area (Å²) in [5.41, 5.74) is 2.97. The molecule has 28 heavy (non-hydrogen) atoms. The molecule has 0 saturated carbocycles. The van der Waals surface area contributed by atoms with Crippen molar-refractivity contribution in [2.24, 2.45) is 7.05 Å². The lowest BCUT2D eigenvalue weighted by Crippen LogP contribution is -2.31. The number of pyridine rings is 2. The van der Waals surface area contributed by atoms with Gasteiger partial charge in [0.1, 0.15) is 11.6 Å². The summed E-state index contributed by atoms with van der Waals surface area (Å²) < 4.78 is 14.6. The maximum Gasteiger partial charge on any atom is 0.257 e. The SMILES string of the molecule is Cc1nn(C)cc1C(=O)N1CCC[C@H]1c1ccc(Nc2ccc(F)cn2)cn1. The highest BCUT2D eigenvalue weighted by molar-refractivity contribution is 5.95. The fraction of sp³-hybridized carbons (Fsp3) is 0.300. The van der Waals surface area contributed by atoms with Crippen molar-refractivity contribution in [3.05, 3.63) is 65.6 Å². The first kappa shape index (κ1) is 18.1. The Morgan fingerprint density at radius 3 is 2.71 bits per heavy atom. The van der Waals surface area contributed by atoms with Gasteiger partial charge in [0.15, 0.2) is 0 Å². The Morgan fingerprint density at radius 1 is 1.21 bits per heavy atom. The van der Waals surface area contributed by atoms with Gasteiger partial charge in [-0.3, -0.25) is 14.5 Å². The second-order valence-corrected chi connectivity index (χ2v) is 6.92. The van der Waals surface area contributed by atoms with Gasteiger partial charge in [-0.2, -0.15) is 5.10 Å². The first-order valence-electron chi connectivity index (χ1n) is 9.17. The van der Waals surface area contributed by atoms with Crippen LogP contribution in [0.2, 0.25) is 0 Å². The molecule has 1 saturated heterocycles. The quantitative estimate of drug-likeness (QED) is 0.751. The summed E-state index contributed by atoms with van der Waals surface area (Å²) in [6, 6.07) is 6.67. The predicted molar refractivity (Wildman–Crippen MR) is 103 cm³/mol. The minimum atomic E-state index is -0.381. The van der Waals surface area contributed by atoms with E-state index in [1.165, 1.54) is 6.07 Å². The number of amides is 1. The monoisotopic (exact) mass is 380 g/mol. The summed E-state index contributed by atoms with van der Waals surface area (Å²) in [5.74, 6) is 0.155. The van der Waals surface area contributed by atoms with E-state index in [-0.39, 0.29) is 17.8 Å². The highest BCUT2D eigenvalue weighted by Gasteiger charge is 2.32. The molecule has 3 aromatic heterocycles. The smallest absolute Gasteiger partial charge is 0.257 e. The van der Waals surface area contributed by atoms with Crippen LogP contribution in [0.15, 0.2) is 42.9 Å². The molecular formula is C20H21FN6O. The molecule has 1 aliphatic heterocycles. The zero-order valence-electron chi connectivity index (χ0n) is 15.8. The maximum absolute atomic E-state index is 13.0. The molecule has 0 bridgehead atoms. The van der Waals surface area contributed by atoms with Gasteiger partial charge in [0.2, 0.25) is 0 Å². The number of hydrogen-bond donors (Lipinski definition) is 1. The van der Waals surface area contributed by atoms with E-state index in [4.69, 9.17) is 0 Å². The lowest BCUT2D eigenvalue weighted by molar-refractivity contribution is 0.0732. The van der Waals surface area contributed by atoms with E-state index in [1.807, 2.05) is 31.0 Å². The molecule has 1 fully saturated rings. The van der Waals surface area contributed by atoms with Crippen LogP contribution in [-0.4, -0.2) is 37.1 Å². The highest BCUT2D eigenvalue weighted by atomic mass is 19.1. The van der Waals surface area contributed by atoms with Crippen LogP contribution >= 0.6 is 0 Å². The Hall–Kier alpha value is -3.29. The Bertz CT molecular complexity index is 983. The molecular weight excluding hydrogens is 359 g/mol. The number of carbonyl (C=O) groups is 1. The van der Waals surface area contributed by atoms with Gasteiger partial charge in [0.05, 0.1) is 41.1 Å². The fourth-order valence-electron chi connectivity index (χ4n) is 3.56. The number of carbonyl (C=O) groups excluding carboxylic acids is 1. The molecule has 1 aliphatic rings. The van der Waals surface area contributed by atoms with E-state index in [2.05, 4.69) is 20.4 Å². The van der Waals surface area contributed by atoms with Crippen molar-refractivity contribution in [2.45, 2.75) is 25.8 Å². The summed E-state index contributed by atoms with van der Waals surface area (Å²) in [5, 5.41) is 7.36. The normalized spacial score (nSPS) is 16.4. The minimum Gasteiger partial charge on any atom is -0.339 e. The van der Waals surface area contributed by atoms with Crippen LogP contribution in [0.3, 0.4) is 0 Å². The van der Waals surface area contributed by atoms with Gasteiger partial charge < -0.3 is 10.2 Å². The summed E-state index contributed by atoms with van der Waals surface area (Å²) in [6.07, 6.45) is 6.45. The molecule has 1 atom stereocenters. The van der Waals surface area contributed by atoms with Gasteiger partial charge in [-0.15, -0.1) is 0 Å². The minimum absolute atomic E-state index is 0.00684. The first-order chi connectivity index (χ1) is 13.5. The number of hydrogen-bond acceptors (Lipinski definition) is 5. The summed E-state index contributed by atoms with van der Waals surface area (Å²) in [4.78, 5) is 23.4. The van der Waals surface area contributed by atoms with Gasteiger partial charge in [-0.05, 0) is 44.0 Å². The zero-order chi connectivity index (χ0) is 19.7. The number of nitrogens with zero attached hydrogens (tertiary/aromatic N) is 5. The van der Waals surface area contributed by atoms with Gasteiger partial charge in [0.25, 0.3) is 5.91 Å². The molecule has 1 N–H and O–H groups in total. The number of aromatic nitrogens is 4.